The van der Waals surface area contributed by atoms with Gasteiger partial charge >= 0.3 is 0 Å². The summed E-state index contributed by atoms with van der Waals surface area (Å²) < 4.78 is 13.3. The summed E-state index contributed by atoms with van der Waals surface area (Å²) >= 11 is 5.65. The number of carbonyl (C=O) groups is 1. The highest BCUT2D eigenvalue weighted by atomic mass is 35.5. The molecule has 2 rings (SSSR count). The van der Waals surface area contributed by atoms with E-state index < -0.39 is 5.82 Å². The van der Waals surface area contributed by atoms with Crippen LogP contribution < -0.4 is 10.2 Å². The van der Waals surface area contributed by atoms with Crippen molar-refractivity contribution in [2.45, 2.75) is 0 Å². The van der Waals surface area contributed by atoms with Crippen LogP contribution in [0, 0.1) is 5.82 Å². The molecule has 0 saturated heterocycles. The molecule has 1 aromatic rings. The van der Waals surface area contributed by atoms with Crippen molar-refractivity contribution < 1.29 is 9.18 Å². The van der Waals surface area contributed by atoms with Crippen molar-refractivity contribution in [1.29, 1.82) is 0 Å². The maximum Gasteiger partial charge on any atom is 0.243 e. The second-order valence-corrected chi connectivity index (χ2v) is 3.91. The fourth-order valence-corrected chi connectivity index (χ4v) is 1.83. The average molecular weight is 241 g/mol. The van der Waals surface area contributed by atoms with Crippen molar-refractivity contribution in [3.63, 3.8) is 0 Å². The number of hydrogen-bond acceptors (Lipinski definition) is 2. The molecule has 1 aromatic carbocycles. The third kappa shape index (κ3) is 1.88. The summed E-state index contributed by atoms with van der Waals surface area (Å²) in [4.78, 5) is 13.1. The largest absolute Gasteiger partial charge is 0.357 e. The molecular weight excluding hydrogens is 231 g/mol. The van der Waals surface area contributed by atoms with Gasteiger partial charge in [0.25, 0.3) is 0 Å². The molecule has 5 heteroatoms. The monoisotopic (exact) mass is 240 g/mol. The van der Waals surface area contributed by atoms with E-state index in [-0.39, 0.29) is 17.5 Å². The number of amides is 1. The Labute approximate surface area is 97.5 Å². The number of carbonyl (C=O) groups excluding carboxylic acids is 1. The Hall–Kier alpha value is -1.55. The third-order valence-electron chi connectivity index (χ3n) is 2.34. The van der Waals surface area contributed by atoms with Gasteiger partial charge in [0, 0.05) is 12.6 Å². The molecule has 3 nitrogen and oxygen atoms in total. The summed E-state index contributed by atoms with van der Waals surface area (Å²) in [5.74, 6) is -0.636. The summed E-state index contributed by atoms with van der Waals surface area (Å²) in [6, 6.07) is 2.74. The number of anilines is 2. The van der Waals surface area contributed by atoms with E-state index in [0.717, 1.165) is 0 Å². The quantitative estimate of drug-likeness (QED) is 0.806. The van der Waals surface area contributed by atoms with E-state index in [2.05, 4.69) is 11.9 Å². The van der Waals surface area contributed by atoms with Gasteiger partial charge in [0.05, 0.1) is 22.9 Å². The zero-order valence-corrected chi connectivity index (χ0v) is 9.22. The van der Waals surface area contributed by atoms with Gasteiger partial charge in [0.1, 0.15) is 5.82 Å². The maximum atomic E-state index is 13.3. The van der Waals surface area contributed by atoms with Gasteiger partial charge in [-0.1, -0.05) is 17.7 Å². The molecule has 0 aliphatic carbocycles. The first-order chi connectivity index (χ1) is 7.61. The van der Waals surface area contributed by atoms with Crippen molar-refractivity contribution in [3.05, 3.63) is 35.6 Å². The molecule has 1 aliphatic rings. The van der Waals surface area contributed by atoms with Crippen LogP contribution in [-0.4, -0.2) is 19.0 Å². The maximum absolute atomic E-state index is 13.3. The van der Waals surface area contributed by atoms with Gasteiger partial charge in [0.15, 0.2) is 0 Å². The van der Waals surface area contributed by atoms with E-state index in [1.807, 2.05) is 0 Å². The lowest BCUT2D eigenvalue weighted by Crippen LogP contribution is -2.38. The molecule has 0 fully saturated rings. The number of nitrogens with zero attached hydrogens (tertiary/aromatic N) is 1. The van der Waals surface area contributed by atoms with E-state index in [9.17, 15) is 9.18 Å². The number of hydrogen-bond donors (Lipinski definition) is 1. The Bertz CT molecular complexity index is 462. The van der Waals surface area contributed by atoms with Crippen LogP contribution >= 0.6 is 11.6 Å². The van der Waals surface area contributed by atoms with Crippen LogP contribution in [0.2, 0.25) is 5.02 Å². The van der Waals surface area contributed by atoms with Crippen molar-refractivity contribution in [3.8, 4) is 0 Å². The first kappa shape index (κ1) is 11.0. The fraction of sp³-hybridized carbons (Fsp3) is 0.182. The van der Waals surface area contributed by atoms with E-state index in [1.165, 1.54) is 12.1 Å². The number of benzene rings is 1. The van der Waals surface area contributed by atoms with Crippen LogP contribution in [0.4, 0.5) is 15.8 Å². The molecule has 1 amide bonds. The second-order valence-electron chi connectivity index (χ2n) is 3.50. The lowest BCUT2D eigenvalue weighted by molar-refractivity contribution is -0.115. The highest BCUT2D eigenvalue weighted by Gasteiger charge is 2.22. The fourth-order valence-electron chi connectivity index (χ4n) is 1.67. The summed E-state index contributed by atoms with van der Waals surface area (Å²) in [7, 11) is 0. The molecule has 0 bridgehead atoms. The van der Waals surface area contributed by atoms with E-state index >= 15 is 0 Å². The predicted molar refractivity (Wildman–Crippen MR) is 62.4 cm³/mol. The third-order valence-corrected chi connectivity index (χ3v) is 2.63. The molecule has 1 N–H and O–H groups in total. The van der Waals surface area contributed by atoms with Gasteiger partial charge < -0.3 is 10.2 Å². The van der Waals surface area contributed by atoms with Gasteiger partial charge in [-0.2, -0.15) is 0 Å². The lowest BCUT2D eigenvalue weighted by atomic mass is 10.2. The van der Waals surface area contributed by atoms with Crippen LogP contribution in [0.5, 0.6) is 0 Å². The van der Waals surface area contributed by atoms with Crippen molar-refractivity contribution in [2.75, 3.05) is 23.3 Å². The molecule has 0 spiro atoms. The van der Waals surface area contributed by atoms with E-state index in [1.54, 1.807) is 11.0 Å². The molecule has 0 atom stereocenters. The predicted octanol–water partition coefficient (Wildman–Crippen LogP) is 2.42. The Morgan fingerprint density at radius 3 is 3.06 bits per heavy atom. The van der Waals surface area contributed by atoms with Crippen LogP contribution in [0.1, 0.15) is 0 Å². The first-order valence-electron chi connectivity index (χ1n) is 4.76. The normalized spacial score (nSPS) is 14.4. The highest BCUT2D eigenvalue weighted by Crippen LogP contribution is 2.33. The highest BCUT2D eigenvalue weighted by molar-refractivity contribution is 6.31. The minimum absolute atomic E-state index is 0.000460. The van der Waals surface area contributed by atoms with E-state index in [4.69, 9.17) is 11.6 Å². The number of fused-ring (bicyclic) bond motifs is 1. The van der Waals surface area contributed by atoms with Crippen molar-refractivity contribution in [1.82, 2.24) is 0 Å². The van der Waals surface area contributed by atoms with Crippen molar-refractivity contribution in [2.24, 2.45) is 0 Å². The summed E-state index contributed by atoms with van der Waals surface area (Å²) in [6.07, 6.45) is 1.66. The van der Waals surface area contributed by atoms with Crippen LogP contribution in [0.3, 0.4) is 0 Å². The molecule has 0 unspecified atom stereocenters. The molecular formula is C11H10ClFN2O. The Morgan fingerprint density at radius 2 is 2.38 bits per heavy atom. The average Bonchev–Trinajstić information content (AvgIpc) is 2.21. The number of rotatable bonds is 2. The molecule has 0 aromatic heterocycles. The second kappa shape index (κ2) is 4.14. The summed E-state index contributed by atoms with van der Waals surface area (Å²) in [5.41, 5.74) is 1.16. The Kier molecular flexibility index (Phi) is 2.83. The van der Waals surface area contributed by atoms with Crippen molar-refractivity contribution >= 4 is 28.9 Å². The topological polar surface area (TPSA) is 32.3 Å². The molecule has 0 saturated carbocycles. The molecule has 1 heterocycles. The van der Waals surface area contributed by atoms with Gasteiger partial charge in [-0.05, 0) is 6.07 Å². The number of halogens is 2. The number of nitrogens with one attached hydrogen (secondary N) is 1. The molecule has 1 aliphatic heterocycles. The van der Waals surface area contributed by atoms with Gasteiger partial charge in [-0.3, -0.25) is 4.79 Å². The minimum Gasteiger partial charge on any atom is -0.357 e. The first-order valence-corrected chi connectivity index (χ1v) is 5.14. The lowest BCUT2D eigenvalue weighted by Gasteiger charge is -2.30. The molecule has 0 radical (unpaired) electrons. The molecule has 16 heavy (non-hydrogen) atoms. The van der Waals surface area contributed by atoms with Crippen LogP contribution in [0.25, 0.3) is 0 Å². The minimum atomic E-state index is -0.495. The van der Waals surface area contributed by atoms with Crippen LogP contribution in [0.15, 0.2) is 24.8 Å². The van der Waals surface area contributed by atoms with Gasteiger partial charge in [-0.25, -0.2) is 4.39 Å². The summed E-state index contributed by atoms with van der Waals surface area (Å²) in [5, 5.41) is 2.65. The summed E-state index contributed by atoms with van der Waals surface area (Å²) in [6.45, 7) is 4.28. The Morgan fingerprint density at radius 1 is 1.62 bits per heavy atom. The SMILES string of the molecule is C=CCN1CC(=O)Nc2cc(Cl)c(F)cc21. The van der Waals surface area contributed by atoms with Gasteiger partial charge in [-0.15, -0.1) is 6.58 Å². The standard InChI is InChI=1S/C11H10ClFN2O/c1-2-3-15-6-11(16)14-9-4-7(12)8(13)5-10(9)15/h2,4-5H,1,3,6H2,(H,14,16). The Balaban J connectivity index is 2.48. The van der Waals surface area contributed by atoms with Gasteiger partial charge in [0.2, 0.25) is 5.91 Å². The van der Waals surface area contributed by atoms with E-state index in [0.29, 0.717) is 17.9 Å². The van der Waals surface area contributed by atoms with Crippen LogP contribution in [-0.2, 0) is 4.79 Å². The molecule has 84 valence electrons. The zero-order valence-electron chi connectivity index (χ0n) is 8.46. The zero-order chi connectivity index (χ0) is 11.7. The smallest absolute Gasteiger partial charge is 0.243 e.